The van der Waals surface area contributed by atoms with Gasteiger partial charge in [0.2, 0.25) is 11.9 Å². The second-order valence-electron chi connectivity index (χ2n) is 6.27. The first kappa shape index (κ1) is 23.0. The van der Waals surface area contributed by atoms with Gasteiger partial charge in [-0.3, -0.25) is 14.3 Å². The van der Waals surface area contributed by atoms with E-state index in [0.717, 1.165) is 0 Å². The number of carbonyl (C=O) groups excluding carboxylic acids is 1. The number of hydrogen-bond donors (Lipinski definition) is 5. The predicted molar refractivity (Wildman–Crippen MR) is 112 cm³/mol. The highest BCUT2D eigenvalue weighted by Crippen LogP contribution is 2.27. The van der Waals surface area contributed by atoms with Crippen molar-refractivity contribution in [2.75, 3.05) is 11.3 Å². The normalized spacial score (nSPS) is 12.1. The smallest absolute Gasteiger partial charge is 0.272 e. The van der Waals surface area contributed by atoms with E-state index in [0.29, 0.717) is 5.69 Å². The van der Waals surface area contributed by atoms with E-state index < -0.39 is 27.4 Å². The third kappa shape index (κ3) is 5.87. The molecule has 30 heavy (non-hydrogen) atoms. The Bertz CT molecular complexity index is 1130. The lowest BCUT2D eigenvalue weighted by Crippen LogP contribution is -2.29. The maximum atomic E-state index is 12.8. The zero-order valence-corrected chi connectivity index (χ0v) is 17.5. The fourth-order valence-corrected chi connectivity index (χ4v) is 4.06. The van der Waals surface area contributed by atoms with Crippen LogP contribution in [0.4, 0.5) is 5.69 Å². The summed E-state index contributed by atoms with van der Waals surface area (Å²) < 4.78 is 27.7. The molecule has 0 aliphatic carbocycles. The summed E-state index contributed by atoms with van der Waals surface area (Å²) in [4.78, 5) is 31.8. The average Bonchev–Trinajstić information content (AvgIpc) is 2.63. The van der Waals surface area contributed by atoms with E-state index in [1.54, 1.807) is 6.92 Å². The van der Waals surface area contributed by atoms with Crippen LogP contribution in [-0.2, 0) is 19.7 Å². The molecule has 0 bridgehead atoms. The number of sulfonamides is 1. The minimum absolute atomic E-state index is 0.0130. The Morgan fingerprint density at radius 2 is 2.00 bits per heavy atom. The van der Waals surface area contributed by atoms with Crippen molar-refractivity contribution >= 4 is 39.2 Å². The van der Waals surface area contributed by atoms with Crippen molar-refractivity contribution in [1.82, 2.24) is 4.98 Å². The first-order valence-electron chi connectivity index (χ1n) is 8.53. The zero-order chi connectivity index (χ0) is 22.5. The van der Waals surface area contributed by atoms with Crippen molar-refractivity contribution in [2.45, 2.75) is 24.2 Å². The number of oxime groups is 1. The number of halogens is 1. The molecule has 8 N–H and O–H groups in total. The number of benzene rings is 1. The van der Waals surface area contributed by atoms with E-state index in [1.807, 2.05) is 0 Å². The number of pyridine rings is 1. The highest BCUT2D eigenvalue weighted by atomic mass is 35.5. The van der Waals surface area contributed by atoms with Crippen LogP contribution in [0.2, 0.25) is 5.02 Å². The van der Waals surface area contributed by atoms with E-state index in [2.05, 4.69) is 14.9 Å². The number of rotatable bonds is 9. The molecule has 1 heterocycles. The van der Waals surface area contributed by atoms with Crippen LogP contribution in [0.5, 0.6) is 0 Å². The molecular formula is C17H21ClN6O5S. The van der Waals surface area contributed by atoms with Crippen LogP contribution in [0.3, 0.4) is 0 Å². The summed E-state index contributed by atoms with van der Waals surface area (Å²) in [5.41, 5.74) is 15.2. The number of nitrogens with one attached hydrogen (secondary N) is 2. The Morgan fingerprint density at radius 3 is 2.60 bits per heavy atom. The van der Waals surface area contributed by atoms with Gasteiger partial charge in [0.25, 0.3) is 15.6 Å². The van der Waals surface area contributed by atoms with E-state index in [4.69, 9.17) is 33.6 Å². The van der Waals surface area contributed by atoms with Crippen molar-refractivity contribution in [2.24, 2.45) is 22.4 Å². The Morgan fingerprint density at radius 1 is 1.30 bits per heavy atom. The van der Waals surface area contributed by atoms with Crippen LogP contribution >= 0.6 is 11.6 Å². The molecule has 0 radical (unpaired) electrons. The van der Waals surface area contributed by atoms with Crippen LogP contribution in [0.25, 0.3) is 0 Å². The van der Waals surface area contributed by atoms with Crippen molar-refractivity contribution in [1.29, 1.82) is 0 Å². The molecule has 13 heteroatoms. The first-order chi connectivity index (χ1) is 14.0. The lowest BCUT2D eigenvalue weighted by molar-refractivity contribution is -0.119. The van der Waals surface area contributed by atoms with Gasteiger partial charge < -0.3 is 27.0 Å². The number of amides is 1. The molecule has 0 aliphatic rings. The SMILES string of the molecule is Cc1cc(C(CCON=C(N)N)C(N)=O)c(NS(=O)(=O)c2cccc(Cl)c2)c(=O)[nH]1. The molecule has 162 valence electrons. The van der Waals surface area contributed by atoms with Gasteiger partial charge in [-0.05, 0) is 48.3 Å². The molecule has 1 amide bonds. The lowest BCUT2D eigenvalue weighted by atomic mass is 9.94. The quantitative estimate of drug-likeness (QED) is 0.155. The van der Waals surface area contributed by atoms with Gasteiger partial charge in [0.1, 0.15) is 12.3 Å². The van der Waals surface area contributed by atoms with E-state index in [9.17, 15) is 18.0 Å². The van der Waals surface area contributed by atoms with Crippen LogP contribution in [0, 0.1) is 6.92 Å². The first-order valence-corrected chi connectivity index (χ1v) is 10.4. The summed E-state index contributed by atoms with van der Waals surface area (Å²) in [5.74, 6) is -2.17. The lowest BCUT2D eigenvalue weighted by Gasteiger charge is -2.18. The Hall–Kier alpha value is -3.25. The maximum absolute atomic E-state index is 12.8. The minimum Gasteiger partial charge on any atom is -0.393 e. The number of aromatic nitrogens is 1. The highest BCUT2D eigenvalue weighted by molar-refractivity contribution is 7.92. The van der Waals surface area contributed by atoms with Crippen molar-refractivity contribution in [3.63, 3.8) is 0 Å². The number of hydrogen-bond acceptors (Lipinski definition) is 6. The topological polar surface area (TPSA) is 196 Å². The third-order valence-corrected chi connectivity index (χ3v) is 5.51. The van der Waals surface area contributed by atoms with Gasteiger partial charge in [-0.15, -0.1) is 0 Å². The molecule has 0 spiro atoms. The molecule has 0 saturated heterocycles. The van der Waals surface area contributed by atoms with Crippen LogP contribution in [0.1, 0.15) is 23.6 Å². The Balaban J connectivity index is 2.46. The molecule has 2 aromatic rings. The highest BCUT2D eigenvalue weighted by Gasteiger charge is 2.26. The van der Waals surface area contributed by atoms with E-state index in [-0.39, 0.29) is 40.2 Å². The van der Waals surface area contributed by atoms with Gasteiger partial charge in [0, 0.05) is 10.7 Å². The molecule has 0 saturated carbocycles. The number of nitrogens with zero attached hydrogens (tertiary/aromatic N) is 1. The van der Waals surface area contributed by atoms with Gasteiger partial charge in [-0.1, -0.05) is 17.7 Å². The fraction of sp³-hybridized carbons (Fsp3) is 0.235. The number of anilines is 1. The minimum atomic E-state index is -4.18. The number of H-pyrrole nitrogens is 1. The number of aryl methyl sites for hydroxylation is 1. The molecular weight excluding hydrogens is 436 g/mol. The van der Waals surface area contributed by atoms with Gasteiger partial charge in [0.15, 0.2) is 0 Å². The monoisotopic (exact) mass is 456 g/mol. The van der Waals surface area contributed by atoms with Gasteiger partial charge in [-0.2, -0.15) is 0 Å². The number of carbonyl (C=O) groups is 1. The van der Waals surface area contributed by atoms with Crippen molar-refractivity contribution in [3.8, 4) is 0 Å². The Kier molecular flexibility index (Phi) is 7.29. The third-order valence-electron chi connectivity index (χ3n) is 3.93. The van der Waals surface area contributed by atoms with Gasteiger partial charge in [0.05, 0.1) is 10.8 Å². The standard InChI is InChI=1S/C17H21ClN6O5S/c1-9-7-13(12(15(19)25)5-6-29-23-17(20)21)14(16(26)22-9)24-30(27,28)11-4-2-3-10(18)8-11/h2-4,7-8,12,24H,5-6H2,1H3,(H2,19,25)(H,22,26)(H4,20,21,23). The Labute approximate surface area is 177 Å². The predicted octanol–water partition coefficient (Wildman–Crippen LogP) is 0.302. The molecule has 1 aromatic heterocycles. The second kappa shape index (κ2) is 9.50. The summed E-state index contributed by atoms with van der Waals surface area (Å²) >= 11 is 5.86. The van der Waals surface area contributed by atoms with Crippen LogP contribution < -0.4 is 27.5 Å². The molecule has 0 fully saturated rings. The summed E-state index contributed by atoms with van der Waals surface area (Å²) in [7, 11) is -4.18. The number of aromatic amines is 1. The average molecular weight is 457 g/mol. The second-order valence-corrected chi connectivity index (χ2v) is 8.39. The number of guanidine groups is 1. The maximum Gasteiger partial charge on any atom is 0.272 e. The largest absolute Gasteiger partial charge is 0.393 e. The molecule has 1 unspecified atom stereocenters. The van der Waals surface area contributed by atoms with Crippen molar-refractivity contribution in [3.05, 3.63) is 57.0 Å². The van der Waals surface area contributed by atoms with Crippen molar-refractivity contribution < 1.29 is 18.0 Å². The van der Waals surface area contributed by atoms with E-state index in [1.165, 1.54) is 30.3 Å². The number of primary amides is 1. The summed E-state index contributed by atoms with van der Waals surface area (Å²) in [6.45, 7) is 1.46. The summed E-state index contributed by atoms with van der Waals surface area (Å²) in [5, 5.41) is 3.54. The van der Waals surface area contributed by atoms with Crippen LogP contribution in [-0.4, -0.2) is 31.9 Å². The van der Waals surface area contributed by atoms with Gasteiger partial charge >= 0.3 is 0 Å². The molecule has 1 aromatic carbocycles. The zero-order valence-electron chi connectivity index (χ0n) is 15.9. The molecule has 1 atom stereocenters. The molecule has 2 rings (SSSR count). The molecule has 11 nitrogen and oxygen atoms in total. The summed E-state index contributed by atoms with van der Waals surface area (Å²) in [6, 6.07) is 6.94. The molecule has 0 aliphatic heterocycles. The van der Waals surface area contributed by atoms with Gasteiger partial charge in [-0.25, -0.2) is 8.42 Å². The van der Waals surface area contributed by atoms with Crippen LogP contribution in [0.15, 0.2) is 45.2 Å². The summed E-state index contributed by atoms with van der Waals surface area (Å²) in [6.07, 6.45) is -0.0130. The number of nitrogens with two attached hydrogens (primary N) is 3. The fourth-order valence-electron chi connectivity index (χ4n) is 2.66. The van der Waals surface area contributed by atoms with E-state index >= 15 is 0 Å².